The number of hydrogen-bond acceptors (Lipinski definition) is 4. The van der Waals surface area contributed by atoms with Crippen LogP contribution in [0.15, 0.2) is 4.99 Å². The maximum Gasteiger partial charge on any atom is 0.223 e. The number of rotatable bonds is 6. The number of amidine groups is 1. The van der Waals surface area contributed by atoms with Gasteiger partial charge in [0.25, 0.3) is 0 Å². The van der Waals surface area contributed by atoms with Crippen molar-refractivity contribution in [3.05, 3.63) is 0 Å². The van der Waals surface area contributed by atoms with E-state index in [1.54, 1.807) is 0 Å². The van der Waals surface area contributed by atoms with Crippen molar-refractivity contribution in [3.63, 3.8) is 0 Å². The van der Waals surface area contributed by atoms with Crippen molar-refractivity contribution in [2.45, 2.75) is 37.9 Å². The summed E-state index contributed by atoms with van der Waals surface area (Å²) in [4.78, 5) is 15.8. The molecule has 2 aliphatic rings. The summed E-state index contributed by atoms with van der Waals surface area (Å²) in [5.74, 6) is 0.527. The van der Waals surface area contributed by atoms with Gasteiger partial charge < -0.3 is 10.6 Å². The first-order valence-corrected chi connectivity index (χ1v) is 7.40. The van der Waals surface area contributed by atoms with Crippen molar-refractivity contribution in [3.8, 4) is 0 Å². The van der Waals surface area contributed by atoms with Crippen molar-refractivity contribution in [1.82, 2.24) is 10.6 Å². The standard InChI is InChI=1S/C12H21N3OS/c1-2-3-10-8-15-12(17-10)14-7-6-13-11(16)9-4-5-9/h9-10H,2-8H2,1H3,(H,13,16)(H,14,15). The van der Waals surface area contributed by atoms with Gasteiger partial charge in [-0.05, 0) is 19.3 Å². The number of aliphatic imine (C=N–C) groups is 1. The van der Waals surface area contributed by atoms with Crippen LogP contribution in [0.1, 0.15) is 32.6 Å². The Morgan fingerprint density at radius 1 is 1.47 bits per heavy atom. The van der Waals surface area contributed by atoms with Gasteiger partial charge in [0.1, 0.15) is 0 Å². The molecule has 1 fully saturated rings. The third kappa shape index (κ3) is 4.22. The van der Waals surface area contributed by atoms with Crippen LogP contribution in [0.2, 0.25) is 0 Å². The number of thioether (sulfide) groups is 1. The van der Waals surface area contributed by atoms with Gasteiger partial charge in [-0.1, -0.05) is 25.1 Å². The molecule has 17 heavy (non-hydrogen) atoms. The minimum Gasteiger partial charge on any atom is -0.363 e. The Balaban J connectivity index is 1.52. The highest BCUT2D eigenvalue weighted by atomic mass is 32.2. The quantitative estimate of drug-likeness (QED) is 0.705. The van der Waals surface area contributed by atoms with Crippen molar-refractivity contribution >= 4 is 22.8 Å². The molecule has 96 valence electrons. The van der Waals surface area contributed by atoms with Gasteiger partial charge in [0.15, 0.2) is 5.17 Å². The van der Waals surface area contributed by atoms with Crippen LogP contribution in [0.25, 0.3) is 0 Å². The topological polar surface area (TPSA) is 53.5 Å². The van der Waals surface area contributed by atoms with E-state index in [0.717, 1.165) is 31.1 Å². The molecule has 2 N–H and O–H groups in total. The molecule has 1 heterocycles. The zero-order valence-electron chi connectivity index (χ0n) is 10.4. The Kier molecular flexibility index (Phi) is 4.71. The SMILES string of the molecule is CCCC1CN=C(NCCNC(=O)C2CC2)S1. The molecule has 1 saturated carbocycles. The summed E-state index contributed by atoms with van der Waals surface area (Å²) in [5, 5.41) is 7.92. The van der Waals surface area contributed by atoms with Crippen LogP contribution in [0.5, 0.6) is 0 Å². The highest BCUT2D eigenvalue weighted by molar-refractivity contribution is 8.14. The molecule has 0 saturated heterocycles. The maximum atomic E-state index is 11.4. The predicted molar refractivity (Wildman–Crippen MR) is 72.3 cm³/mol. The third-order valence-corrected chi connectivity index (χ3v) is 4.19. The zero-order chi connectivity index (χ0) is 12.1. The largest absolute Gasteiger partial charge is 0.363 e. The molecule has 0 bridgehead atoms. The second kappa shape index (κ2) is 6.28. The van der Waals surface area contributed by atoms with Crippen molar-refractivity contribution in [2.75, 3.05) is 19.6 Å². The van der Waals surface area contributed by atoms with Gasteiger partial charge in [0, 0.05) is 24.3 Å². The van der Waals surface area contributed by atoms with Crippen LogP contribution in [-0.4, -0.2) is 36.0 Å². The maximum absolute atomic E-state index is 11.4. The third-order valence-electron chi connectivity index (χ3n) is 2.98. The van der Waals surface area contributed by atoms with Gasteiger partial charge in [-0.15, -0.1) is 0 Å². The fraction of sp³-hybridized carbons (Fsp3) is 0.833. The van der Waals surface area contributed by atoms with Crippen molar-refractivity contribution in [2.24, 2.45) is 10.9 Å². The molecule has 0 aromatic carbocycles. The number of nitrogens with zero attached hydrogens (tertiary/aromatic N) is 1. The van der Waals surface area contributed by atoms with E-state index in [-0.39, 0.29) is 5.91 Å². The normalized spacial score (nSPS) is 23.4. The summed E-state index contributed by atoms with van der Waals surface area (Å²) < 4.78 is 0. The Morgan fingerprint density at radius 3 is 3.00 bits per heavy atom. The van der Waals surface area contributed by atoms with Gasteiger partial charge in [-0.2, -0.15) is 0 Å². The number of carbonyl (C=O) groups is 1. The van der Waals surface area contributed by atoms with Crippen LogP contribution in [-0.2, 0) is 4.79 Å². The van der Waals surface area contributed by atoms with E-state index in [4.69, 9.17) is 0 Å². The average Bonchev–Trinajstić information content (AvgIpc) is 3.08. The first-order valence-electron chi connectivity index (χ1n) is 6.52. The predicted octanol–water partition coefficient (Wildman–Crippen LogP) is 1.37. The van der Waals surface area contributed by atoms with Gasteiger partial charge in [0.05, 0.1) is 6.54 Å². The average molecular weight is 255 g/mol. The lowest BCUT2D eigenvalue weighted by Gasteiger charge is -2.08. The second-order valence-electron chi connectivity index (χ2n) is 4.67. The van der Waals surface area contributed by atoms with Crippen LogP contribution in [0.3, 0.4) is 0 Å². The molecule has 1 aliphatic heterocycles. The first kappa shape index (κ1) is 12.7. The summed E-state index contributed by atoms with van der Waals surface area (Å²) in [6.45, 7) is 4.63. The van der Waals surface area contributed by atoms with Gasteiger partial charge in [-0.25, -0.2) is 0 Å². The Labute approximate surface area is 107 Å². The molecular formula is C12H21N3OS. The lowest BCUT2D eigenvalue weighted by molar-refractivity contribution is -0.122. The molecule has 5 heteroatoms. The van der Waals surface area contributed by atoms with Gasteiger partial charge in [-0.3, -0.25) is 9.79 Å². The van der Waals surface area contributed by atoms with Crippen molar-refractivity contribution in [1.29, 1.82) is 0 Å². The number of amides is 1. The van der Waals surface area contributed by atoms with Crippen LogP contribution in [0, 0.1) is 5.92 Å². The zero-order valence-corrected chi connectivity index (χ0v) is 11.2. The minimum atomic E-state index is 0.219. The number of hydrogen-bond donors (Lipinski definition) is 2. The molecule has 0 aromatic heterocycles. The smallest absolute Gasteiger partial charge is 0.223 e. The Hall–Kier alpha value is -0.710. The van der Waals surface area contributed by atoms with Crippen molar-refractivity contribution < 1.29 is 4.79 Å². The minimum absolute atomic E-state index is 0.219. The van der Waals surface area contributed by atoms with E-state index in [9.17, 15) is 4.79 Å². The molecule has 0 aromatic rings. The molecule has 2 rings (SSSR count). The van der Waals surface area contributed by atoms with E-state index in [0.29, 0.717) is 17.7 Å². The molecule has 0 radical (unpaired) electrons. The highest BCUT2D eigenvalue weighted by Crippen LogP contribution is 2.28. The highest BCUT2D eigenvalue weighted by Gasteiger charge is 2.29. The Morgan fingerprint density at radius 2 is 2.29 bits per heavy atom. The monoisotopic (exact) mass is 255 g/mol. The lowest BCUT2D eigenvalue weighted by Crippen LogP contribution is -2.34. The van der Waals surface area contributed by atoms with Gasteiger partial charge in [0.2, 0.25) is 5.91 Å². The molecule has 1 unspecified atom stereocenters. The van der Waals surface area contributed by atoms with E-state index in [1.165, 1.54) is 12.8 Å². The van der Waals surface area contributed by atoms with Gasteiger partial charge >= 0.3 is 0 Å². The molecule has 1 aliphatic carbocycles. The van der Waals surface area contributed by atoms with Crippen LogP contribution < -0.4 is 10.6 Å². The molecule has 4 nitrogen and oxygen atoms in total. The summed E-state index contributed by atoms with van der Waals surface area (Å²) in [5.41, 5.74) is 0. The number of carbonyl (C=O) groups excluding carboxylic acids is 1. The fourth-order valence-electron chi connectivity index (χ4n) is 1.83. The summed E-state index contributed by atoms with van der Waals surface area (Å²) >= 11 is 1.84. The van der Waals surface area contributed by atoms with E-state index >= 15 is 0 Å². The first-order chi connectivity index (χ1) is 8.29. The second-order valence-corrected chi connectivity index (χ2v) is 5.96. The molecule has 1 atom stereocenters. The van der Waals surface area contributed by atoms with Crippen LogP contribution in [0.4, 0.5) is 0 Å². The summed E-state index contributed by atoms with van der Waals surface area (Å²) in [7, 11) is 0. The lowest BCUT2D eigenvalue weighted by atomic mass is 10.2. The summed E-state index contributed by atoms with van der Waals surface area (Å²) in [6.07, 6.45) is 4.59. The molecule has 0 spiro atoms. The van der Waals surface area contributed by atoms with E-state index in [2.05, 4.69) is 22.5 Å². The number of nitrogens with one attached hydrogen (secondary N) is 2. The van der Waals surface area contributed by atoms with Crippen LogP contribution >= 0.6 is 11.8 Å². The van der Waals surface area contributed by atoms with E-state index < -0.39 is 0 Å². The fourth-order valence-corrected chi connectivity index (χ4v) is 2.98. The van der Waals surface area contributed by atoms with E-state index in [1.807, 2.05) is 11.8 Å². The summed E-state index contributed by atoms with van der Waals surface area (Å²) in [6, 6.07) is 0. The molecule has 1 amide bonds. The molecular weight excluding hydrogens is 234 g/mol. The Bertz CT molecular complexity index is 302.